The van der Waals surface area contributed by atoms with Crippen LogP contribution in [0.3, 0.4) is 0 Å². The lowest BCUT2D eigenvalue weighted by atomic mass is 10.0. The predicted molar refractivity (Wildman–Crippen MR) is 83.5 cm³/mol. The van der Waals surface area contributed by atoms with Gasteiger partial charge in [0.25, 0.3) is 5.91 Å². The van der Waals surface area contributed by atoms with Gasteiger partial charge in [0, 0.05) is 33.5 Å². The number of fused-ring (bicyclic) bond motifs is 2. The van der Waals surface area contributed by atoms with Gasteiger partial charge in [-0.3, -0.25) is 4.79 Å². The van der Waals surface area contributed by atoms with Gasteiger partial charge in [0.05, 0.1) is 5.57 Å². The van der Waals surface area contributed by atoms with E-state index >= 15 is 0 Å². The molecule has 0 atom stereocenters. The predicted octanol–water partition coefficient (Wildman–Crippen LogP) is 3.78. The number of halogens is 1. The van der Waals surface area contributed by atoms with Gasteiger partial charge in [-0.05, 0) is 29.8 Å². The summed E-state index contributed by atoms with van der Waals surface area (Å²) in [5, 5.41) is 6.29. The van der Waals surface area contributed by atoms with Crippen molar-refractivity contribution in [3.05, 3.63) is 63.8 Å². The molecule has 2 aliphatic rings. The van der Waals surface area contributed by atoms with Crippen LogP contribution in [0.25, 0.3) is 5.57 Å². The number of para-hydroxylation sites is 1. The summed E-state index contributed by atoms with van der Waals surface area (Å²) in [6.45, 7) is 0. The van der Waals surface area contributed by atoms with Gasteiger partial charge in [0.2, 0.25) is 0 Å². The number of nitrogens with one attached hydrogen (secondary N) is 2. The summed E-state index contributed by atoms with van der Waals surface area (Å²) in [6.07, 6.45) is 0.769. The topological polar surface area (TPSA) is 41.1 Å². The van der Waals surface area contributed by atoms with Crippen LogP contribution in [-0.4, -0.2) is 5.91 Å². The van der Waals surface area contributed by atoms with Crippen LogP contribution in [0.15, 0.2) is 52.6 Å². The molecule has 2 heterocycles. The third-order valence-corrected chi connectivity index (χ3v) is 4.19. The normalized spacial score (nSPS) is 19.4. The van der Waals surface area contributed by atoms with Gasteiger partial charge in [-0.1, -0.05) is 34.1 Å². The first-order valence-corrected chi connectivity index (χ1v) is 7.21. The van der Waals surface area contributed by atoms with Crippen molar-refractivity contribution in [1.29, 1.82) is 0 Å². The van der Waals surface area contributed by atoms with Crippen LogP contribution in [0.2, 0.25) is 0 Å². The highest BCUT2D eigenvalue weighted by molar-refractivity contribution is 9.10. The van der Waals surface area contributed by atoms with Gasteiger partial charge in [0.15, 0.2) is 0 Å². The number of hydrogen-bond donors (Lipinski definition) is 2. The van der Waals surface area contributed by atoms with E-state index in [2.05, 4.69) is 32.6 Å². The summed E-state index contributed by atoms with van der Waals surface area (Å²) in [5.41, 5.74) is 5.87. The first-order valence-electron chi connectivity index (χ1n) is 6.42. The third-order valence-electron chi connectivity index (χ3n) is 3.70. The van der Waals surface area contributed by atoms with E-state index in [0.717, 1.165) is 39.1 Å². The monoisotopic (exact) mass is 326 g/mol. The van der Waals surface area contributed by atoms with E-state index in [9.17, 15) is 4.79 Å². The highest BCUT2D eigenvalue weighted by Gasteiger charge is 2.30. The fourth-order valence-corrected chi connectivity index (χ4v) is 3.14. The smallest absolute Gasteiger partial charge is 0.258 e. The molecule has 20 heavy (non-hydrogen) atoms. The van der Waals surface area contributed by atoms with E-state index in [0.29, 0.717) is 0 Å². The Kier molecular flexibility index (Phi) is 2.47. The lowest BCUT2D eigenvalue weighted by molar-refractivity contribution is -0.110. The van der Waals surface area contributed by atoms with Gasteiger partial charge in [-0.2, -0.15) is 0 Å². The fourth-order valence-electron chi connectivity index (χ4n) is 2.78. The van der Waals surface area contributed by atoms with E-state index < -0.39 is 0 Å². The first-order chi connectivity index (χ1) is 9.72. The Balaban J connectivity index is 1.87. The van der Waals surface area contributed by atoms with Crippen LogP contribution in [0.5, 0.6) is 0 Å². The number of carbonyl (C=O) groups excluding carboxylic acids is 1. The Bertz CT molecular complexity index is 753. The number of hydrogen-bond acceptors (Lipinski definition) is 2. The summed E-state index contributed by atoms with van der Waals surface area (Å²) in [6, 6.07) is 14.0. The molecule has 3 nitrogen and oxygen atoms in total. The number of anilines is 2. The molecule has 0 radical (unpaired) electrons. The molecule has 4 rings (SSSR count). The highest BCUT2D eigenvalue weighted by Crippen LogP contribution is 2.39. The Labute approximate surface area is 124 Å². The van der Waals surface area contributed by atoms with Crippen LogP contribution in [0, 0.1) is 0 Å². The molecule has 1 amide bonds. The second kappa shape index (κ2) is 4.21. The molecule has 98 valence electrons. The van der Waals surface area contributed by atoms with Gasteiger partial charge in [-0.15, -0.1) is 0 Å². The minimum atomic E-state index is -0.0339. The van der Waals surface area contributed by atoms with Crippen LogP contribution in [0.4, 0.5) is 11.4 Å². The zero-order valence-electron chi connectivity index (χ0n) is 10.5. The molecule has 2 aromatic rings. The molecule has 0 spiro atoms. The molecule has 0 aromatic heterocycles. The van der Waals surface area contributed by atoms with Crippen molar-refractivity contribution in [3.8, 4) is 0 Å². The van der Waals surface area contributed by atoms with Crippen LogP contribution >= 0.6 is 15.9 Å². The summed E-state index contributed by atoms with van der Waals surface area (Å²) < 4.78 is 0.973. The van der Waals surface area contributed by atoms with Crippen molar-refractivity contribution in [2.24, 2.45) is 0 Å². The lowest BCUT2D eigenvalue weighted by Crippen LogP contribution is -2.08. The van der Waals surface area contributed by atoms with Gasteiger partial charge in [-0.25, -0.2) is 0 Å². The molecule has 0 saturated carbocycles. The lowest BCUT2D eigenvalue weighted by Gasteiger charge is -2.05. The Morgan fingerprint density at radius 2 is 1.85 bits per heavy atom. The third kappa shape index (κ3) is 1.68. The Hall–Kier alpha value is -2.07. The molecule has 0 fully saturated rings. The van der Waals surface area contributed by atoms with Gasteiger partial charge < -0.3 is 10.6 Å². The molecule has 0 bridgehead atoms. The Morgan fingerprint density at radius 1 is 1.00 bits per heavy atom. The quantitative estimate of drug-likeness (QED) is 0.723. The summed E-state index contributed by atoms with van der Waals surface area (Å²) in [7, 11) is 0. The molecular formula is C16H11BrN2O. The number of carbonyl (C=O) groups is 1. The van der Waals surface area contributed by atoms with Crippen LogP contribution in [0.1, 0.15) is 11.1 Å². The van der Waals surface area contributed by atoms with Crippen LogP contribution in [-0.2, 0) is 11.2 Å². The van der Waals surface area contributed by atoms with Crippen molar-refractivity contribution in [2.75, 3.05) is 10.6 Å². The van der Waals surface area contributed by atoms with Crippen molar-refractivity contribution >= 4 is 38.8 Å². The SMILES string of the molecule is O=C1Nc2ccc(Br)cc2C1=C1Cc2ccccc2N1. The minimum absolute atomic E-state index is 0.0339. The number of allylic oxidation sites excluding steroid dienone is 1. The van der Waals surface area contributed by atoms with Crippen molar-refractivity contribution in [3.63, 3.8) is 0 Å². The van der Waals surface area contributed by atoms with Crippen molar-refractivity contribution in [2.45, 2.75) is 6.42 Å². The zero-order valence-corrected chi connectivity index (χ0v) is 12.1. The highest BCUT2D eigenvalue weighted by atomic mass is 79.9. The summed E-state index contributed by atoms with van der Waals surface area (Å²) in [5.74, 6) is -0.0339. The maximum Gasteiger partial charge on any atom is 0.258 e. The van der Waals surface area contributed by atoms with E-state index in [1.807, 2.05) is 36.4 Å². The van der Waals surface area contributed by atoms with Crippen molar-refractivity contribution < 1.29 is 4.79 Å². The second-order valence-corrected chi connectivity index (χ2v) is 5.87. The molecule has 2 N–H and O–H groups in total. The molecule has 2 aromatic carbocycles. The average molecular weight is 327 g/mol. The maximum atomic E-state index is 12.3. The summed E-state index contributed by atoms with van der Waals surface area (Å²) >= 11 is 3.47. The standard InChI is InChI=1S/C16H11BrN2O/c17-10-5-6-13-11(8-10)15(16(20)19-13)14-7-9-3-1-2-4-12(9)18-14/h1-6,8,18H,7H2,(H,19,20). The number of amides is 1. The molecule has 0 aliphatic carbocycles. The van der Waals surface area contributed by atoms with Gasteiger partial charge in [0.1, 0.15) is 0 Å². The van der Waals surface area contributed by atoms with E-state index in [-0.39, 0.29) is 5.91 Å². The molecular weight excluding hydrogens is 316 g/mol. The largest absolute Gasteiger partial charge is 0.358 e. The Morgan fingerprint density at radius 3 is 2.70 bits per heavy atom. The molecule has 0 saturated heterocycles. The molecule has 2 aliphatic heterocycles. The minimum Gasteiger partial charge on any atom is -0.358 e. The van der Waals surface area contributed by atoms with E-state index in [4.69, 9.17) is 0 Å². The molecule has 0 unspecified atom stereocenters. The second-order valence-electron chi connectivity index (χ2n) is 4.96. The van der Waals surface area contributed by atoms with E-state index in [1.165, 1.54) is 5.56 Å². The maximum absolute atomic E-state index is 12.3. The van der Waals surface area contributed by atoms with Crippen LogP contribution < -0.4 is 10.6 Å². The zero-order chi connectivity index (χ0) is 13.7. The summed E-state index contributed by atoms with van der Waals surface area (Å²) in [4.78, 5) is 12.3. The number of rotatable bonds is 0. The van der Waals surface area contributed by atoms with Gasteiger partial charge >= 0.3 is 0 Å². The van der Waals surface area contributed by atoms with Crippen molar-refractivity contribution in [1.82, 2.24) is 0 Å². The number of benzene rings is 2. The fraction of sp³-hybridized carbons (Fsp3) is 0.0625. The molecule has 4 heteroatoms. The first kappa shape index (κ1) is 11.7. The van der Waals surface area contributed by atoms with E-state index in [1.54, 1.807) is 0 Å². The average Bonchev–Trinajstić information content (AvgIpc) is 2.97.